The number of primary amides is 1. The standard InChI is InChI=1S/C12H15F4N3O/c1-6-8(7-2-4-12(15,16)5-3-7)9(10(17)20)19(18-6)11(13)14/h7,11H,2-5H2,1H3,(H2,17,20). The molecule has 1 aliphatic rings. The lowest BCUT2D eigenvalue weighted by Crippen LogP contribution is -2.26. The van der Waals surface area contributed by atoms with Gasteiger partial charge in [-0.1, -0.05) is 0 Å². The SMILES string of the molecule is Cc1nn(C(F)F)c(C(N)=O)c1C1CCC(F)(F)CC1. The third kappa shape index (κ3) is 2.64. The number of carbonyl (C=O) groups is 1. The van der Waals surface area contributed by atoms with E-state index in [1.54, 1.807) is 0 Å². The first-order valence-electron chi connectivity index (χ1n) is 6.27. The summed E-state index contributed by atoms with van der Waals surface area (Å²) < 4.78 is 52.3. The monoisotopic (exact) mass is 293 g/mol. The zero-order chi connectivity index (χ0) is 15.1. The molecule has 8 heteroatoms. The van der Waals surface area contributed by atoms with Crippen molar-refractivity contribution in [2.75, 3.05) is 0 Å². The van der Waals surface area contributed by atoms with Gasteiger partial charge in [0.05, 0.1) is 5.69 Å². The maximum atomic E-state index is 13.2. The molecule has 0 aromatic carbocycles. The molecule has 4 nitrogen and oxygen atoms in total. The smallest absolute Gasteiger partial charge is 0.333 e. The van der Waals surface area contributed by atoms with E-state index in [4.69, 9.17) is 5.73 Å². The van der Waals surface area contributed by atoms with Gasteiger partial charge >= 0.3 is 6.55 Å². The number of hydrogen-bond acceptors (Lipinski definition) is 2. The summed E-state index contributed by atoms with van der Waals surface area (Å²) >= 11 is 0. The van der Waals surface area contributed by atoms with Gasteiger partial charge in [0.2, 0.25) is 5.92 Å². The Kier molecular flexibility index (Phi) is 3.75. The summed E-state index contributed by atoms with van der Waals surface area (Å²) in [6.45, 7) is -1.51. The van der Waals surface area contributed by atoms with Crippen LogP contribution in [0.15, 0.2) is 0 Å². The first-order valence-corrected chi connectivity index (χ1v) is 6.27. The van der Waals surface area contributed by atoms with E-state index < -0.39 is 18.4 Å². The minimum Gasteiger partial charge on any atom is -0.364 e. The Bertz CT molecular complexity index is 517. The van der Waals surface area contributed by atoms with Gasteiger partial charge in [-0.2, -0.15) is 18.6 Å². The van der Waals surface area contributed by atoms with Crippen molar-refractivity contribution in [1.29, 1.82) is 0 Å². The third-order valence-corrected chi connectivity index (χ3v) is 3.68. The van der Waals surface area contributed by atoms with E-state index in [9.17, 15) is 22.4 Å². The van der Waals surface area contributed by atoms with Gasteiger partial charge in [-0.05, 0) is 25.7 Å². The van der Waals surface area contributed by atoms with Crippen LogP contribution in [0.2, 0.25) is 0 Å². The first-order chi connectivity index (χ1) is 9.23. The van der Waals surface area contributed by atoms with E-state index >= 15 is 0 Å². The van der Waals surface area contributed by atoms with E-state index in [0.717, 1.165) is 0 Å². The van der Waals surface area contributed by atoms with Crippen LogP contribution in [0.4, 0.5) is 17.6 Å². The van der Waals surface area contributed by atoms with Crippen LogP contribution in [-0.4, -0.2) is 21.6 Å². The van der Waals surface area contributed by atoms with Crippen molar-refractivity contribution in [1.82, 2.24) is 9.78 Å². The van der Waals surface area contributed by atoms with Gasteiger partial charge in [-0.25, -0.2) is 8.78 Å². The molecule has 20 heavy (non-hydrogen) atoms. The largest absolute Gasteiger partial charge is 0.364 e. The molecule has 1 heterocycles. The Hall–Kier alpha value is -1.60. The van der Waals surface area contributed by atoms with Crippen molar-refractivity contribution >= 4 is 5.91 Å². The van der Waals surface area contributed by atoms with E-state index in [0.29, 0.717) is 0 Å². The van der Waals surface area contributed by atoms with Gasteiger partial charge < -0.3 is 5.73 Å². The molecule has 1 amide bonds. The van der Waals surface area contributed by atoms with Gasteiger partial charge in [-0.15, -0.1) is 0 Å². The van der Waals surface area contributed by atoms with Crippen molar-refractivity contribution in [3.05, 3.63) is 17.0 Å². The molecule has 0 unspecified atom stereocenters. The van der Waals surface area contributed by atoms with Crippen LogP contribution in [0.5, 0.6) is 0 Å². The second-order valence-corrected chi connectivity index (χ2v) is 5.06. The molecule has 1 fully saturated rings. The molecule has 112 valence electrons. The van der Waals surface area contributed by atoms with Crippen molar-refractivity contribution in [3.8, 4) is 0 Å². The number of rotatable bonds is 3. The zero-order valence-electron chi connectivity index (χ0n) is 10.9. The van der Waals surface area contributed by atoms with E-state index in [1.807, 2.05) is 0 Å². The van der Waals surface area contributed by atoms with Crippen molar-refractivity contribution in [2.45, 2.75) is 51.0 Å². The number of carbonyl (C=O) groups excluding carboxylic acids is 1. The minimum absolute atomic E-state index is 0.128. The van der Waals surface area contributed by atoms with Crippen LogP contribution in [0.3, 0.4) is 0 Å². The number of halogens is 4. The molecule has 1 aromatic heterocycles. The fourth-order valence-electron chi connectivity index (χ4n) is 2.76. The highest BCUT2D eigenvalue weighted by atomic mass is 19.3. The topological polar surface area (TPSA) is 60.9 Å². The molecular formula is C12H15F4N3O. The van der Waals surface area contributed by atoms with E-state index in [2.05, 4.69) is 5.10 Å². The second kappa shape index (κ2) is 5.06. The number of alkyl halides is 4. The highest BCUT2D eigenvalue weighted by Gasteiger charge is 2.38. The van der Waals surface area contributed by atoms with Gasteiger partial charge in [0.25, 0.3) is 5.91 Å². The quantitative estimate of drug-likeness (QED) is 0.871. The first kappa shape index (κ1) is 14.8. The average Bonchev–Trinajstić information content (AvgIpc) is 2.67. The fourth-order valence-corrected chi connectivity index (χ4v) is 2.76. The summed E-state index contributed by atoms with van der Waals surface area (Å²) in [5.41, 5.74) is 5.31. The molecule has 2 N–H and O–H groups in total. The average molecular weight is 293 g/mol. The Morgan fingerprint density at radius 2 is 1.95 bits per heavy atom. The van der Waals surface area contributed by atoms with E-state index in [1.165, 1.54) is 6.92 Å². The van der Waals surface area contributed by atoms with Gasteiger partial charge in [-0.3, -0.25) is 4.79 Å². The van der Waals surface area contributed by atoms with Crippen molar-refractivity contribution in [3.63, 3.8) is 0 Å². The molecule has 0 atom stereocenters. The number of nitrogens with two attached hydrogens (primary N) is 1. The number of aromatic nitrogens is 2. The molecular weight excluding hydrogens is 278 g/mol. The Labute approximate surface area is 112 Å². The van der Waals surface area contributed by atoms with Gasteiger partial charge in [0.15, 0.2) is 0 Å². The highest BCUT2D eigenvalue weighted by molar-refractivity contribution is 5.93. The summed E-state index contributed by atoms with van der Waals surface area (Å²) in [5, 5.41) is 3.62. The lowest BCUT2D eigenvalue weighted by molar-refractivity contribution is -0.0383. The molecule has 0 aliphatic heterocycles. The van der Waals surface area contributed by atoms with Crippen LogP contribution in [-0.2, 0) is 0 Å². The Morgan fingerprint density at radius 1 is 1.40 bits per heavy atom. The van der Waals surface area contributed by atoms with Gasteiger partial charge in [0, 0.05) is 18.4 Å². The zero-order valence-corrected chi connectivity index (χ0v) is 10.9. The molecule has 0 saturated heterocycles. The Balaban J connectivity index is 2.39. The summed E-state index contributed by atoms with van der Waals surface area (Å²) in [5.74, 6) is -4.13. The molecule has 2 rings (SSSR count). The molecule has 1 aromatic rings. The van der Waals surface area contributed by atoms with Crippen LogP contribution in [0.1, 0.15) is 59.9 Å². The normalized spacial score (nSPS) is 19.5. The summed E-state index contributed by atoms with van der Waals surface area (Å²) in [6, 6.07) is 0. The number of amides is 1. The predicted molar refractivity (Wildman–Crippen MR) is 62.9 cm³/mol. The fraction of sp³-hybridized carbons (Fsp3) is 0.667. The molecule has 1 aliphatic carbocycles. The number of nitrogens with zero attached hydrogens (tertiary/aromatic N) is 2. The minimum atomic E-state index is -2.99. The lowest BCUT2D eigenvalue weighted by atomic mass is 9.81. The predicted octanol–water partition coefficient (Wildman–Crippen LogP) is 2.98. The Morgan fingerprint density at radius 3 is 2.40 bits per heavy atom. The molecule has 0 bridgehead atoms. The second-order valence-electron chi connectivity index (χ2n) is 5.06. The van der Waals surface area contributed by atoms with Crippen LogP contribution in [0, 0.1) is 6.92 Å². The molecule has 0 spiro atoms. The van der Waals surface area contributed by atoms with Crippen LogP contribution in [0.25, 0.3) is 0 Å². The van der Waals surface area contributed by atoms with Gasteiger partial charge in [0.1, 0.15) is 5.69 Å². The maximum Gasteiger partial charge on any atom is 0.333 e. The highest BCUT2D eigenvalue weighted by Crippen LogP contribution is 2.43. The maximum absolute atomic E-state index is 13.2. The van der Waals surface area contributed by atoms with Crippen molar-refractivity contribution < 1.29 is 22.4 Å². The number of aryl methyl sites for hydroxylation is 1. The summed E-state index contributed by atoms with van der Waals surface area (Å²) in [7, 11) is 0. The summed E-state index contributed by atoms with van der Waals surface area (Å²) in [4.78, 5) is 11.4. The molecule has 0 radical (unpaired) electrons. The lowest BCUT2D eigenvalue weighted by Gasteiger charge is -2.28. The van der Waals surface area contributed by atoms with Crippen LogP contribution < -0.4 is 5.73 Å². The number of hydrogen-bond donors (Lipinski definition) is 1. The summed E-state index contributed by atoms with van der Waals surface area (Å²) in [6.07, 6.45) is -0.392. The third-order valence-electron chi connectivity index (χ3n) is 3.68. The van der Waals surface area contributed by atoms with Crippen molar-refractivity contribution in [2.24, 2.45) is 5.73 Å². The van der Waals surface area contributed by atoms with Crippen LogP contribution >= 0.6 is 0 Å². The van der Waals surface area contributed by atoms with E-state index in [-0.39, 0.29) is 53.2 Å². The molecule has 1 saturated carbocycles.